The summed E-state index contributed by atoms with van der Waals surface area (Å²) in [6, 6.07) is 5.60. The maximum atomic E-state index is 5.62. The van der Waals surface area contributed by atoms with Gasteiger partial charge in [-0.05, 0) is 12.1 Å². The highest BCUT2D eigenvalue weighted by Gasteiger charge is 2.10. The quantitative estimate of drug-likeness (QED) is 0.627. The van der Waals surface area contributed by atoms with Crippen LogP contribution in [0.15, 0.2) is 30.7 Å². The SMILES string of the molecule is Nc1nc(-c2ccccn2)c2[nH]cnc2n1. The van der Waals surface area contributed by atoms with E-state index in [9.17, 15) is 0 Å². The molecule has 3 heterocycles. The number of rotatable bonds is 1. The second-order valence-electron chi connectivity index (χ2n) is 3.25. The van der Waals surface area contributed by atoms with E-state index < -0.39 is 0 Å². The number of hydrogen-bond donors (Lipinski definition) is 2. The number of H-pyrrole nitrogens is 1. The zero-order valence-corrected chi connectivity index (χ0v) is 8.25. The van der Waals surface area contributed by atoms with E-state index in [1.807, 2.05) is 18.2 Å². The van der Waals surface area contributed by atoms with E-state index >= 15 is 0 Å². The first-order chi connectivity index (χ1) is 7.84. The number of nitrogens with one attached hydrogen (secondary N) is 1. The van der Waals surface area contributed by atoms with Crippen LogP contribution in [0.4, 0.5) is 5.95 Å². The fourth-order valence-corrected chi connectivity index (χ4v) is 1.54. The first kappa shape index (κ1) is 8.78. The molecule has 0 aliphatic heterocycles. The lowest BCUT2D eigenvalue weighted by Crippen LogP contribution is -1.98. The number of imidazole rings is 1. The molecule has 0 amide bonds. The summed E-state index contributed by atoms with van der Waals surface area (Å²) in [5, 5.41) is 0. The highest BCUT2D eigenvalue weighted by atomic mass is 15.1. The molecule has 0 atom stereocenters. The number of aromatic nitrogens is 5. The number of pyridine rings is 1. The Balaban J connectivity index is 2.34. The lowest BCUT2D eigenvalue weighted by molar-refractivity contribution is 1.19. The van der Waals surface area contributed by atoms with Crippen LogP contribution < -0.4 is 5.73 Å². The van der Waals surface area contributed by atoms with Crippen molar-refractivity contribution >= 4 is 17.1 Å². The Kier molecular flexibility index (Phi) is 1.79. The monoisotopic (exact) mass is 212 g/mol. The van der Waals surface area contributed by atoms with E-state index in [-0.39, 0.29) is 5.95 Å². The van der Waals surface area contributed by atoms with Crippen LogP contribution in [0.1, 0.15) is 0 Å². The van der Waals surface area contributed by atoms with Gasteiger partial charge >= 0.3 is 0 Å². The average molecular weight is 212 g/mol. The van der Waals surface area contributed by atoms with Crippen molar-refractivity contribution in [1.29, 1.82) is 0 Å². The van der Waals surface area contributed by atoms with Crippen molar-refractivity contribution in [1.82, 2.24) is 24.9 Å². The molecule has 0 saturated heterocycles. The molecule has 3 aromatic rings. The minimum atomic E-state index is 0.195. The third kappa shape index (κ3) is 1.28. The molecule has 3 aromatic heterocycles. The molecule has 16 heavy (non-hydrogen) atoms. The topological polar surface area (TPSA) is 93.4 Å². The van der Waals surface area contributed by atoms with Crippen molar-refractivity contribution in [2.75, 3.05) is 5.73 Å². The smallest absolute Gasteiger partial charge is 0.222 e. The van der Waals surface area contributed by atoms with Crippen LogP contribution in [-0.2, 0) is 0 Å². The highest BCUT2D eigenvalue weighted by Crippen LogP contribution is 2.21. The molecule has 78 valence electrons. The van der Waals surface area contributed by atoms with Crippen molar-refractivity contribution in [3.63, 3.8) is 0 Å². The van der Waals surface area contributed by atoms with E-state index in [0.29, 0.717) is 11.3 Å². The van der Waals surface area contributed by atoms with Crippen molar-refractivity contribution < 1.29 is 0 Å². The predicted molar refractivity (Wildman–Crippen MR) is 59.3 cm³/mol. The molecule has 3 N–H and O–H groups in total. The average Bonchev–Trinajstić information content (AvgIpc) is 2.77. The largest absolute Gasteiger partial charge is 0.368 e. The van der Waals surface area contributed by atoms with Crippen LogP contribution in [-0.4, -0.2) is 24.9 Å². The van der Waals surface area contributed by atoms with Gasteiger partial charge in [0, 0.05) is 6.20 Å². The van der Waals surface area contributed by atoms with E-state index in [4.69, 9.17) is 5.73 Å². The van der Waals surface area contributed by atoms with Gasteiger partial charge in [0.2, 0.25) is 5.95 Å². The second-order valence-corrected chi connectivity index (χ2v) is 3.25. The number of fused-ring (bicyclic) bond motifs is 1. The highest BCUT2D eigenvalue weighted by molar-refractivity contribution is 5.86. The van der Waals surface area contributed by atoms with Crippen LogP contribution in [0.2, 0.25) is 0 Å². The molecule has 6 heteroatoms. The van der Waals surface area contributed by atoms with Crippen LogP contribution in [0, 0.1) is 0 Å². The summed E-state index contributed by atoms with van der Waals surface area (Å²) >= 11 is 0. The molecular weight excluding hydrogens is 204 g/mol. The summed E-state index contributed by atoms with van der Waals surface area (Å²) in [5.41, 5.74) is 8.32. The fourth-order valence-electron chi connectivity index (χ4n) is 1.54. The Labute approximate surface area is 90.6 Å². The van der Waals surface area contributed by atoms with Gasteiger partial charge in [-0.1, -0.05) is 6.07 Å². The van der Waals surface area contributed by atoms with Crippen molar-refractivity contribution in [2.24, 2.45) is 0 Å². The third-order valence-corrected chi connectivity index (χ3v) is 2.21. The molecule has 0 aromatic carbocycles. The maximum absolute atomic E-state index is 5.62. The summed E-state index contributed by atoms with van der Waals surface area (Å²) < 4.78 is 0. The van der Waals surface area contributed by atoms with Gasteiger partial charge < -0.3 is 10.7 Å². The van der Waals surface area contributed by atoms with E-state index in [2.05, 4.69) is 24.9 Å². The van der Waals surface area contributed by atoms with Crippen LogP contribution in [0.3, 0.4) is 0 Å². The lowest BCUT2D eigenvalue weighted by atomic mass is 10.2. The molecule has 0 radical (unpaired) electrons. The number of anilines is 1. The summed E-state index contributed by atoms with van der Waals surface area (Å²) in [6.45, 7) is 0. The number of nitrogen functional groups attached to an aromatic ring is 1. The molecule has 0 spiro atoms. The van der Waals surface area contributed by atoms with Crippen LogP contribution in [0.25, 0.3) is 22.6 Å². The van der Waals surface area contributed by atoms with Gasteiger partial charge in [0.1, 0.15) is 11.2 Å². The Bertz CT molecular complexity index is 630. The minimum Gasteiger partial charge on any atom is -0.368 e. The standard InChI is InChI=1S/C10H8N6/c11-10-15-7(6-3-1-2-4-12-6)8-9(16-10)14-5-13-8/h1-5H,(H3,11,13,14,15,16). The van der Waals surface area contributed by atoms with Gasteiger partial charge in [0.25, 0.3) is 0 Å². The van der Waals surface area contributed by atoms with Gasteiger partial charge in [-0.25, -0.2) is 9.97 Å². The third-order valence-electron chi connectivity index (χ3n) is 2.21. The number of aromatic amines is 1. The predicted octanol–water partition coefficient (Wildman–Crippen LogP) is 0.997. The maximum Gasteiger partial charge on any atom is 0.222 e. The molecule has 3 rings (SSSR count). The number of nitrogens with zero attached hydrogens (tertiary/aromatic N) is 4. The molecule has 0 aliphatic rings. The first-order valence-electron chi connectivity index (χ1n) is 4.72. The zero-order chi connectivity index (χ0) is 11.0. The normalized spacial score (nSPS) is 10.8. The second kappa shape index (κ2) is 3.27. The Morgan fingerprint density at radius 2 is 2.06 bits per heavy atom. The van der Waals surface area contributed by atoms with Gasteiger partial charge in [0.05, 0.1) is 12.0 Å². The summed E-state index contributed by atoms with van der Waals surface area (Å²) in [4.78, 5) is 19.5. The van der Waals surface area contributed by atoms with Gasteiger partial charge in [-0.15, -0.1) is 0 Å². The Morgan fingerprint density at radius 3 is 2.88 bits per heavy atom. The molecule has 0 fully saturated rings. The van der Waals surface area contributed by atoms with Gasteiger partial charge in [0.15, 0.2) is 5.65 Å². The van der Waals surface area contributed by atoms with E-state index in [1.165, 1.54) is 0 Å². The Morgan fingerprint density at radius 1 is 1.12 bits per heavy atom. The first-order valence-corrected chi connectivity index (χ1v) is 4.72. The Hall–Kier alpha value is -2.50. The van der Waals surface area contributed by atoms with Crippen molar-refractivity contribution in [2.45, 2.75) is 0 Å². The van der Waals surface area contributed by atoms with E-state index in [1.54, 1.807) is 12.5 Å². The number of hydrogen-bond acceptors (Lipinski definition) is 5. The van der Waals surface area contributed by atoms with Crippen LogP contribution >= 0.6 is 0 Å². The molecule has 0 bridgehead atoms. The molecular formula is C10H8N6. The number of nitrogens with two attached hydrogens (primary N) is 1. The lowest BCUT2D eigenvalue weighted by Gasteiger charge is -2.01. The van der Waals surface area contributed by atoms with E-state index in [0.717, 1.165) is 11.2 Å². The van der Waals surface area contributed by atoms with Crippen molar-refractivity contribution in [3.05, 3.63) is 30.7 Å². The summed E-state index contributed by atoms with van der Waals surface area (Å²) in [6.07, 6.45) is 3.26. The summed E-state index contributed by atoms with van der Waals surface area (Å²) in [5.74, 6) is 0.195. The van der Waals surface area contributed by atoms with Gasteiger partial charge in [-0.3, -0.25) is 4.98 Å². The van der Waals surface area contributed by atoms with Crippen LogP contribution in [0.5, 0.6) is 0 Å². The summed E-state index contributed by atoms with van der Waals surface area (Å²) in [7, 11) is 0. The fraction of sp³-hybridized carbons (Fsp3) is 0. The van der Waals surface area contributed by atoms with Crippen molar-refractivity contribution in [3.8, 4) is 11.4 Å². The minimum absolute atomic E-state index is 0.195. The molecule has 0 saturated carbocycles. The molecule has 6 nitrogen and oxygen atoms in total. The molecule has 0 aliphatic carbocycles. The van der Waals surface area contributed by atoms with Gasteiger partial charge in [-0.2, -0.15) is 4.98 Å². The molecule has 0 unspecified atom stereocenters. The zero-order valence-electron chi connectivity index (χ0n) is 8.25.